The summed E-state index contributed by atoms with van der Waals surface area (Å²) in [5.41, 5.74) is 2.48. The predicted octanol–water partition coefficient (Wildman–Crippen LogP) is 3.03. The van der Waals surface area contributed by atoms with E-state index in [9.17, 15) is 21.6 Å². The van der Waals surface area contributed by atoms with Crippen LogP contribution in [-0.2, 0) is 24.8 Å². The normalized spacial score (nSPS) is 11.6. The molecule has 9 nitrogen and oxygen atoms in total. The molecule has 0 spiro atoms. The molecule has 3 aromatic rings. The van der Waals surface area contributed by atoms with Gasteiger partial charge < -0.3 is 10.1 Å². The number of rotatable bonds is 9. The van der Waals surface area contributed by atoms with Gasteiger partial charge in [-0.1, -0.05) is 23.8 Å². The lowest BCUT2D eigenvalue weighted by atomic mass is 10.2. The first kappa shape index (κ1) is 25.2. The summed E-state index contributed by atoms with van der Waals surface area (Å²) < 4.78 is 59.2. The molecule has 0 fully saturated rings. The van der Waals surface area contributed by atoms with Gasteiger partial charge in [0.05, 0.1) is 9.79 Å². The van der Waals surface area contributed by atoms with Crippen molar-refractivity contribution in [1.82, 2.24) is 4.72 Å². The minimum atomic E-state index is -3.78. The molecule has 11 heteroatoms. The van der Waals surface area contributed by atoms with Gasteiger partial charge in [-0.2, -0.15) is 0 Å². The monoisotopic (exact) mass is 503 g/mol. The molecule has 0 saturated carbocycles. The zero-order valence-corrected chi connectivity index (χ0v) is 20.5. The number of anilines is 2. The first-order valence-electron chi connectivity index (χ1n) is 10.2. The summed E-state index contributed by atoms with van der Waals surface area (Å²) in [5.74, 6) is -0.201. The number of sulfonamides is 2. The number of carbonyl (C=O) groups excluding carboxylic acids is 1. The standard InChI is InChI=1S/C23H25N3O6S2/c1-16-4-7-18(8-5-16)26-34(30,31)20-12-9-19(10-13-20)32-15-23(27)25-22-14-21(11-6-17(22)2)33(28,29)24-3/h4-14,24,26H,15H2,1-3H3,(H,25,27). The van der Waals surface area contributed by atoms with Gasteiger partial charge in [0.25, 0.3) is 15.9 Å². The van der Waals surface area contributed by atoms with E-state index in [1.54, 1.807) is 37.3 Å². The van der Waals surface area contributed by atoms with Gasteiger partial charge in [-0.25, -0.2) is 21.6 Å². The lowest BCUT2D eigenvalue weighted by Crippen LogP contribution is -2.22. The first-order chi connectivity index (χ1) is 16.0. The number of ether oxygens (including phenoxy) is 1. The molecule has 0 unspecified atom stereocenters. The van der Waals surface area contributed by atoms with Crippen molar-refractivity contribution in [2.75, 3.05) is 23.7 Å². The highest BCUT2D eigenvalue weighted by Gasteiger charge is 2.16. The molecule has 0 aromatic heterocycles. The summed E-state index contributed by atoms with van der Waals surface area (Å²) >= 11 is 0. The Morgan fingerprint density at radius 2 is 1.44 bits per heavy atom. The molecule has 180 valence electrons. The minimum absolute atomic E-state index is 0.0212. The Kier molecular flexibility index (Phi) is 7.60. The van der Waals surface area contributed by atoms with Crippen LogP contribution >= 0.6 is 0 Å². The smallest absolute Gasteiger partial charge is 0.262 e. The second-order valence-electron chi connectivity index (χ2n) is 7.46. The van der Waals surface area contributed by atoms with E-state index in [-0.39, 0.29) is 16.4 Å². The summed E-state index contributed by atoms with van der Waals surface area (Å²) in [7, 11) is -6.13. The van der Waals surface area contributed by atoms with Gasteiger partial charge in [-0.3, -0.25) is 9.52 Å². The van der Waals surface area contributed by atoms with Crippen LogP contribution in [0.5, 0.6) is 5.75 Å². The van der Waals surface area contributed by atoms with Crippen molar-refractivity contribution in [2.45, 2.75) is 23.6 Å². The van der Waals surface area contributed by atoms with E-state index >= 15 is 0 Å². The second kappa shape index (κ2) is 10.2. The third-order valence-corrected chi connectivity index (χ3v) is 7.68. The maximum atomic E-state index is 12.6. The largest absolute Gasteiger partial charge is 0.484 e. The van der Waals surface area contributed by atoms with Crippen molar-refractivity contribution in [1.29, 1.82) is 0 Å². The maximum absolute atomic E-state index is 12.6. The topological polar surface area (TPSA) is 131 Å². The molecule has 3 aromatic carbocycles. The number of carbonyl (C=O) groups is 1. The minimum Gasteiger partial charge on any atom is -0.484 e. The fourth-order valence-corrected chi connectivity index (χ4v) is 4.72. The number of nitrogens with one attached hydrogen (secondary N) is 3. The van der Waals surface area contributed by atoms with Gasteiger partial charge in [0.1, 0.15) is 5.75 Å². The quantitative estimate of drug-likeness (QED) is 0.411. The van der Waals surface area contributed by atoms with Crippen molar-refractivity contribution in [3.8, 4) is 5.75 Å². The van der Waals surface area contributed by atoms with Crippen LogP contribution in [0.3, 0.4) is 0 Å². The molecule has 3 rings (SSSR count). The van der Waals surface area contributed by atoms with Gasteiger partial charge in [0.2, 0.25) is 10.0 Å². The van der Waals surface area contributed by atoms with Crippen LogP contribution in [0.25, 0.3) is 0 Å². The van der Waals surface area contributed by atoms with Gasteiger partial charge in [0.15, 0.2) is 6.61 Å². The van der Waals surface area contributed by atoms with Crippen LogP contribution in [0.4, 0.5) is 11.4 Å². The van der Waals surface area contributed by atoms with Gasteiger partial charge in [-0.05, 0) is 75.0 Å². The zero-order chi connectivity index (χ0) is 24.9. The molecule has 0 aliphatic carbocycles. The Labute approximate surface area is 199 Å². The Bertz CT molecular complexity index is 1390. The lowest BCUT2D eigenvalue weighted by molar-refractivity contribution is -0.118. The SMILES string of the molecule is CNS(=O)(=O)c1ccc(C)c(NC(=O)COc2ccc(S(=O)(=O)Nc3ccc(C)cc3)cc2)c1. The Balaban J connectivity index is 1.62. The van der Waals surface area contributed by atoms with Crippen molar-refractivity contribution in [3.05, 3.63) is 77.9 Å². The van der Waals surface area contributed by atoms with Gasteiger partial charge in [0, 0.05) is 11.4 Å². The van der Waals surface area contributed by atoms with Crippen LogP contribution in [0, 0.1) is 13.8 Å². The van der Waals surface area contributed by atoms with Crippen molar-refractivity contribution >= 4 is 37.3 Å². The van der Waals surface area contributed by atoms with Crippen LogP contribution < -0.4 is 19.5 Å². The van der Waals surface area contributed by atoms with Crippen LogP contribution in [0.1, 0.15) is 11.1 Å². The molecule has 0 heterocycles. The molecular weight excluding hydrogens is 478 g/mol. The average molecular weight is 504 g/mol. The highest BCUT2D eigenvalue weighted by molar-refractivity contribution is 7.92. The highest BCUT2D eigenvalue weighted by atomic mass is 32.2. The van der Waals surface area contributed by atoms with E-state index in [0.717, 1.165) is 5.56 Å². The van der Waals surface area contributed by atoms with Gasteiger partial charge >= 0.3 is 0 Å². The van der Waals surface area contributed by atoms with E-state index in [4.69, 9.17) is 4.74 Å². The second-order valence-corrected chi connectivity index (χ2v) is 11.0. The lowest BCUT2D eigenvalue weighted by Gasteiger charge is -2.12. The van der Waals surface area contributed by atoms with Crippen LogP contribution in [0.2, 0.25) is 0 Å². The highest BCUT2D eigenvalue weighted by Crippen LogP contribution is 2.21. The molecular formula is C23H25N3O6S2. The number of aryl methyl sites for hydroxylation is 2. The molecule has 0 bridgehead atoms. The van der Waals surface area contributed by atoms with Gasteiger partial charge in [-0.15, -0.1) is 0 Å². The Hall–Kier alpha value is -3.41. The van der Waals surface area contributed by atoms with E-state index in [0.29, 0.717) is 22.7 Å². The van der Waals surface area contributed by atoms with Crippen molar-refractivity contribution in [2.24, 2.45) is 0 Å². The fraction of sp³-hybridized carbons (Fsp3) is 0.174. The van der Waals surface area contributed by atoms with E-state index in [1.165, 1.54) is 43.4 Å². The predicted molar refractivity (Wildman–Crippen MR) is 130 cm³/mol. The molecule has 0 aliphatic rings. The third-order valence-electron chi connectivity index (χ3n) is 4.87. The number of hydrogen-bond donors (Lipinski definition) is 3. The number of amides is 1. The molecule has 0 saturated heterocycles. The molecule has 3 N–H and O–H groups in total. The van der Waals surface area contributed by atoms with Crippen molar-refractivity contribution < 1.29 is 26.4 Å². The molecule has 0 atom stereocenters. The zero-order valence-electron chi connectivity index (χ0n) is 18.8. The fourth-order valence-electron chi connectivity index (χ4n) is 2.91. The van der Waals surface area contributed by atoms with E-state index < -0.39 is 26.0 Å². The summed E-state index contributed by atoms with van der Waals surface area (Å²) in [6.45, 7) is 3.29. The Morgan fingerprint density at radius 3 is 2.06 bits per heavy atom. The average Bonchev–Trinajstić information content (AvgIpc) is 2.80. The van der Waals surface area contributed by atoms with E-state index in [1.807, 2.05) is 6.92 Å². The Morgan fingerprint density at radius 1 is 0.824 bits per heavy atom. The molecule has 0 aliphatic heterocycles. The summed E-state index contributed by atoms with van der Waals surface area (Å²) in [5, 5.41) is 2.62. The van der Waals surface area contributed by atoms with Crippen molar-refractivity contribution in [3.63, 3.8) is 0 Å². The first-order valence-corrected chi connectivity index (χ1v) is 13.1. The molecule has 1 amide bonds. The van der Waals surface area contributed by atoms with Crippen LogP contribution in [0.15, 0.2) is 76.5 Å². The summed E-state index contributed by atoms with van der Waals surface area (Å²) in [4.78, 5) is 12.4. The summed E-state index contributed by atoms with van der Waals surface area (Å²) in [6, 6.07) is 17.0. The number of hydrogen-bond acceptors (Lipinski definition) is 6. The molecule has 34 heavy (non-hydrogen) atoms. The summed E-state index contributed by atoms with van der Waals surface area (Å²) in [6.07, 6.45) is 0. The van der Waals surface area contributed by atoms with Crippen LogP contribution in [-0.4, -0.2) is 36.4 Å². The van der Waals surface area contributed by atoms with E-state index in [2.05, 4.69) is 14.8 Å². The number of benzene rings is 3. The maximum Gasteiger partial charge on any atom is 0.262 e. The molecule has 0 radical (unpaired) electrons. The third kappa shape index (κ3) is 6.34.